The quantitative estimate of drug-likeness (QED) is 0.374. The Labute approximate surface area is 209 Å². The van der Waals surface area contributed by atoms with E-state index in [0.29, 0.717) is 60.8 Å². The van der Waals surface area contributed by atoms with Gasteiger partial charge in [-0.15, -0.1) is 0 Å². The number of aliphatic hydroxyl groups is 2. The minimum atomic E-state index is -1.14. The number of carbonyl (C=O) groups is 3. The number of benzene rings is 1. The Morgan fingerprint density at radius 3 is 2.69 bits per heavy atom. The molecular formula is C25H33N3O8. The summed E-state index contributed by atoms with van der Waals surface area (Å²) < 4.78 is 17.0. The molecule has 1 saturated heterocycles. The zero-order valence-corrected chi connectivity index (χ0v) is 20.5. The molecule has 1 aromatic rings. The van der Waals surface area contributed by atoms with Crippen LogP contribution in [-0.2, 0) is 14.3 Å². The van der Waals surface area contributed by atoms with Crippen molar-refractivity contribution in [3.63, 3.8) is 0 Å². The Morgan fingerprint density at radius 2 is 2.06 bits per heavy atom. The summed E-state index contributed by atoms with van der Waals surface area (Å²) in [6, 6.07) is 2.34. The molecule has 196 valence electrons. The van der Waals surface area contributed by atoms with Gasteiger partial charge in [-0.25, -0.2) is 0 Å². The van der Waals surface area contributed by atoms with E-state index in [-0.39, 0.29) is 19.1 Å². The summed E-state index contributed by atoms with van der Waals surface area (Å²) >= 11 is 0. The minimum Gasteiger partial charge on any atom is -0.493 e. The number of morpholine rings is 1. The van der Waals surface area contributed by atoms with Gasteiger partial charge in [0, 0.05) is 56.3 Å². The van der Waals surface area contributed by atoms with Crippen LogP contribution in [0.3, 0.4) is 0 Å². The standard InChI is InChI=1S/C25H33N3O8/c1-15(31)28(5-4-27-6-9-35-10-7-27)19-13-18(25(33)26-3-8-29)21-17-11-16(14-30)12-20(34-2)23(17)36-24(21)22(19)32/h11-14,19,21-22,24,29,32H,3-10H2,1-2H3,(H,26,33)/t19-,21+,22+,24+/m1/s1. The number of aldehydes is 1. The fourth-order valence-corrected chi connectivity index (χ4v) is 5.15. The first-order valence-electron chi connectivity index (χ1n) is 12.1. The molecule has 1 aromatic carbocycles. The first kappa shape index (κ1) is 26.1. The Kier molecular flexibility index (Phi) is 8.24. The predicted octanol–water partition coefficient (Wildman–Crippen LogP) is -0.689. The summed E-state index contributed by atoms with van der Waals surface area (Å²) in [5.41, 5.74) is 1.19. The second kappa shape index (κ2) is 11.4. The second-order valence-corrected chi connectivity index (χ2v) is 9.07. The van der Waals surface area contributed by atoms with E-state index < -0.39 is 30.1 Å². The van der Waals surface area contributed by atoms with Crippen molar-refractivity contribution < 1.29 is 38.8 Å². The van der Waals surface area contributed by atoms with E-state index in [0.717, 1.165) is 13.1 Å². The van der Waals surface area contributed by atoms with Gasteiger partial charge in [-0.3, -0.25) is 19.3 Å². The zero-order valence-electron chi connectivity index (χ0n) is 20.5. The molecule has 2 aliphatic heterocycles. The number of nitrogens with zero attached hydrogens (tertiary/aromatic N) is 2. The number of aliphatic hydroxyl groups excluding tert-OH is 2. The Morgan fingerprint density at radius 1 is 1.31 bits per heavy atom. The molecule has 4 atom stereocenters. The van der Waals surface area contributed by atoms with Crippen molar-refractivity contribution in [2.45, 2.75) is 31.1 Å². The number of carbonyl (C=O) groups excluding carboxylic acids is 3. The first-order valence-corrected chi connectivity index (χ1v) is 12.1. The summed E-state index contributed by atoms with van der Waals surface area (Å²) in [7, 11) is 1.45. The smallest absolute Gasteiger partial charge is 0.247 e. The summed E-state index contributed by atoms with van der Waals surface area (Å²) in [6.45, 7) is 4.94. The molecule has 3 N–H and O–H groups in total. The van der Waals surface area contributed by atoms with Gasteiger partial charge in [0.2, 0.25) is 11.8 Å². The van der Waals surface area contributed by atoms with Crippen LogP contribution in [0, 0.1) is 0 Å². The third-order valence-electron chi connectivity index (χ3n) is 6.94. The fraction of sp³-hybridized carbons (Fsp3) is 0.560. The molecule has 2 heterocycles. The summed E-state index contributed by atoms with van der Waals surface area (Å²) in [6.07, 6.45) is 0.259. The maximum atomic E-state index is 13.2. The van der Waals surface area contributed by atoms with Gasteiger partial charge in [0.25, 0.3) is 0 Å². The van der Waals surface area contributed by atoms with Crippen molar-refractivity contribution in [2.75, 3.05) is 59.7 Å². The SMILES string of the molecule is COc1cc(C=O)cc2c1O[C@@H]1[C@@H](O)[C@H](N(CCN3CCOCC3)C(C)=O)C=C(C(=O)NCCO)[C@H]21. The van der Waals surface area contributed by atoms with Gasteiger partial charge in [0.05, 0.1) is 38.9 Å². The third-order valence-corrected chi connectivity index (χ3v) is 6.94. The summed E-state index contributed by atoms with van der Waals surface area (Å²) in [5.74, 6) is -0.709. The first-order chi connectivity index (χ1) is 17.4. The third kappa shape index (κ3) is 5.10. The highest BCUT2D eigenvalue weighted by molar-refractivity contribution is 5.96. The molecule has 2 amide bonds. The topological polar surface area (TPSA) is 138 Å². The van der Waals surface area contributed by atoms with Gasteiger partial charge in [-0.1, -0.05) is 0 Å². The molecule has 0 aromatic heterocycles. The van der Waals surface area contributed by atoms with Crippen molar-refractivity contribution in [3.8, 4) is 11.5 Å². The van der Waals surface area contributed by atoms with Crippen LogP contribution in [-0.4, -0.2) is 116 Å². The lowest BCUT2D eigenvalue weighted by molar-refractivity contribution is -0.135. The van der Waals surface area contributed by atoms with E-state index in [9.17, 15) is 24.6 Å². The normalized spacial score (nSPS) is 25.2. The van der Waals surface area contributed by atoms with Crippen LogP contribution < -0.4 is 14.8 Å². The number of fused-ring (bicyclic) bond motifs is 3. The molecule has 0 spiro atoms. The number of nitrogens with one attached hydrogen (secondary N) is 1. The molecule has 4 rings (SSSR count). The molecule has 0 radical (unpaired) electrons. The average Bonchev–Trinajstić information content (AvgIpc) is 3.28. The molecule has 0 bridgehead atoms. The summed E-state index contributed by atoms with van der Waals surface area (Å²) in [5, 5.41) is 23.3. The lowest BCUT2D eigenvalue weighted by Crippen LogP contribution is -2.56. The Balaban J connectivity index is 1.71. The van der Waals surface area contributed by atoms with Gasteiger partial charge in [-0.2, -0.15) is 0 Å². The maximum Gasteiger partial charge on any atom is 0.247 e. The van der Waals surface area contributed by atoms with Crippen LogP contribution in [0.2, 0.25) is 0 Å². The average molecular weight is 504 g/mol. The van der Waals surface area contributed by atoms with Crippen LogP contribution in [0.25, 0.3) is 0 Å². The highest BCUT2D eigenvalue weighted by Gasteiger charge is 2.51. The molecular weight excluding hydrogens is 470 g/mol. The van der Waals surface area contributed by atoms with Crippen molar-refractivity contribution >= 4 is 18.1 Å². The molecule has 0 unspecified atom stereocenters. The molecule has 1 fully saturated rings. The van der Waals surface area contributed by atoms with Gasteiger partial charge in [0.1, 0.15) is 18.5 Å². The van der Waals surface area contributed by atoms with Crippen LogP contribution in [0.5, 0.6) is 11.5 Å². The molecule has 36 heavy (non-hydrogen) atoms. The number of hydrogen-bond acceptors (Lipinski definition) is 9. The van der Waals surface area contributed by atoms with E-state index >= 15 is 0 Å². The van der Waals surface area contributed by atoms with Crippen LogP contribution >= 0.6 is 0 Å². The lowest BCUT2D eigenvalue weighted by atomic mass is 9.77. The van der Waals surface area contributed by atoms with Crippen molar-refractivity contribution in [1.82, 2.24) is 15.1 Å². The monoisotopic (exact) mass is 503 g/mol. The van der Waals surface area contributed by atoms with Gasteiger partial charge in [-0.05, 0) is 18.2 Å². The highest BCUT2D eigenvalue weighted by atomic mass is 16.5. The molecule has 1 aliphatic carbocycles. The van der Waals surface area contributed by atoms with Crippen molar-refractivity contribution in [2.24, 2.45) is 0 Å². The Bertz CT molecular complexity index is 1020. The maximum absolute atomic E-state index is 13.2. The second-order valence-electron chi connectivity index (χ2n) is 9.07. The lowest BCUT2D eigenvalue weighted by Gasteiger charge is -2.41. The minimum absolute atomic E-state index is 0.0413. The van der Waals surface area contributed by atoms with Crippen molar-refractivity contribution in [1.29, 1.82) is 0 Å². The molecule has 11 nitrogen and oxygen atoms in total. The van der Waals surface area contributed by atoms with E-state index in [1.54, 1.807) is 17.0 Å². The van der Waals surface area contributed by atoms with Gasteiger partial charge >= 0.3 is 0 Å². The zero-order chi connectivity index (χ0) is 25.8. The van der Waals surface area contributed by atoms with E-state index in [1.807, 2.05) is 0 Å². The summed E-state index contributed by atoms with van der Waals surface area (Å²) in [4.78, 5) is 41.2. The van der Waals surface area contributed by atoms with E-state index in [1.165, 1.54) is 20.1 Å². The molecule has 3 aliphatic rings. The van der Waals surface area contributed by atoms with Crippen molar-refractivity contribution in [3.05, 3.63) is 34.9 Å². The molecule has 0 saturated carbocycles. The predicted molar refractivity (Wildman–Crippen MR) is 128 cm³/mol. The molecule has 11 heteroatoms. The number of hydrogen-bond donors (Lipinski definition) is 3. The fourth-order valence-electron chi connectivity index (χ4n) is 5.15. The van der Waals surface area contributed by atoms with Gasteiger partial charge < -0.3 is 34.6 Å². The van der Waals surface area contributed by atoms with Crippen LogP contribution in [0.4, 0.5) is 0 Å². The number of methoxy groups -OCH3 is 1. The Hall–Kier alpha value is -2.99. The number of rotatable bonds is 9. The van der Waals surface area contributed by atoms with Gasteiger partial charge in [0.15, 0.2) is 11.5 Å². The van der Waals surface area contributed by atoms with E-state index in [4.69, 9.17) is 14.2 Å². The van der Waals surface area contributed by atoms with Crippen LogP contribution in [0.15, 0.2) is 23.8 Å². The van der Waals surface area contributed by atoms with Crippen LogP contribution in [0.1, 0.15) is 28.8 Å². The number of ether oxygens (including phenoxy) is 3. The largest absolute Gasteiger partial charge is 0.493 e. The van der Waals surface area contributed by atoms with E-state index in [2.05, 4.69) is 10.2 Å². The highest BCUT2D eigenvalue weighted by Crippen LogP contribution is 2.51. The number of amides is 2.